The molecular weight excluding hydrogens is 308 g/mol. The molecule has 3 heteroatoms. The molecule has 0 radical (unpaired) electrons. The Morgan fingerprint density at radius 2 is 1.79 bits per heavy atom. The van der Waals surface area contributed by atoms with Crippen LogP contribution in [0.2, 0.25) is 0 Å². The summed E-state index contributed by atoms with van der Waals surface area (Å²) in [7, 11) is 0. The summed E-state index contributed by atoms with van der Waals surface area (Å²) in [5.41, 5.74) is -0.328. The Bertz CT molecular complexity index is 353. The summed E-state index contributed by atoms with van der Waals surface area (Å²) in [6, 6.07) is 0. The summed E-state index contributed by atoms with van der Waals surface area (Å²) in [6.07, 6.45) is 1.42. The van der Waals surface area contributed by atoms with Gasteiger partial charge in [-0.3, -0.25) is 0 Å². The Balaban J connectivity index is 1.88. The minimum Gasteiger partial charge on any atom is -0.388 e. The average molecular weight is 320 g/mol. The van der Waals surface area contributed by atoms with Gasteiger partial charge < -0.3 is 5.11 Å². The molecule has 0 saturated heterocycles. The Labute approximate surface area is 99.9 Å². The maximum Gasteiger partial charge on any atom is 0.0850 e. The lowest BCUT2D eigenvalue weighted by molar-refractivity contribution is -0.0511. The fraction of sp³-hybridized carbons (Fsp3) is 1.00. The molecule has 6 aliphatic carbocycles. The van der Waals surface area contributed by atoms with E-state index in [1.54, 1.807) is 0 Å². The molecule has 6 rings (SSSR count). The molecule has 6 bridgehead atoms. The molecule has 0 amide bonds. The van der Waals surface area contributed by atoms with Crippen LogP contribution in [0.25, 0.3) is 0 Å². The monoisotopic (exact) mass is 318 g/mol. The minimum absolute atomic E-state index is 0.328. The van der Waals surface area contributed by atoms with E-state index in [0.717, 1.165) is 29.6 Å². The van der Waals surface area contributed by atoms with E-state index in [-0.39, 0.29) is 5.60 Å². The summed E-state index contributed by atoms with van der Waals surface area (Å²) in [6.45, 7) is 0. The van der Waals surface area contributed by atoms with Crippen molar-refractivity contribution in [1.82, 2.24) is 0 Å². The Morgan fingerprint density at radius 3 is 2.50 bits per heavy atom. The van der Waals surface area contributed by atoms with E-state index in [1.165, 1.54) is 6.42 Å². The lowest BCUT2D eigenvalue weighted by Crippen LogP contribution is -2.45. The fourth-order valence-electron chi connectivity index (χ4n) is 6.47. The summed E-state index contributed by atoms with van der Waals surface area (Å²) >= 11 is 7.67. The number of halogens is 2. The van der Waals surface area contributed by atoms with Crippen molar-refractivity contribution in [2.75, 3.05) is 0 Å². The van der Waals surface area contributed by atoms with Gasteiger partial charge in [-0.15, -0.1) is 0 Å². The van der Waals surface area contributed by atoms with Crippen molar-refractivity contribution in [2.24, 2.45) is 41.4 Å². The van der Waals surface area contributed by atoms with Crippen molar-refractivity contribution in [3.63, 3.8) is 0 Å². The summed E-state index contributed by atoms with van der Waals surface area (Å²) < 4.78 is 0. The number of aliphatic hydroxyl groups is 1. The highest BCUT2D eigenvalue weighted by Gasteiger charge is 2.88. The third-order valence-corrected chi connectivity index (χ3v) is 8.84. The van der Waals surface area contributed by atoms with Crippen LogP contribution >= 0.6 is 31.9 Å². The number of hydrogen-bond donors (Lipinski definition) is 1. The first-order chi connectivity index (χ1) is 6.67. The van der Waals surface area contributed by atoms with Crippen molar-refractivity contribution in [3.8, 4) is 0 Å². The fourth-order valence-corrected chi connectivity index (χ4v) is 9.32. The molecule has 1 nitrogen and oxygen atoms in total. The van der Waals surface area contributed by atoms with Gasteiger partial charge in [-0.05, 0) is 41.9 Å². The molecule has 0 unspecified atom stereocenters. The Hall–Kier alpha value is 0.920. The molecule has 0 spiro atoms. The number of rotatable bonds is 0. The predicted octanol–water partition coefficient (Wildman–Crippen LogP) is 2.02. The van der Waals surface area contributed by atoms with Crippen LogP contribution in [0.5, 0.6) is 0 Å². The first kappa shape index (κ1) is 8.08. The van der Waals surface area contributed by atoms with Gasteiger partial charge in [-0.1, -0.05) is 31.9 Å². The molecule has 0 aromatic heterocycles. The van der Waals surface area contributed by atoms with Gasteiger partial charge in [0.15, 0.2) is 0 Å². The van der Waals surface area contributed by atoms with Crippen molar-refractivity contribution in [1.29, 1.82) is 0 Å². The molecule has 0 aromatic rings. The van der Waals surface area contributed by atoms with Crippen molar-refractivity contribution >= 4 is 31.9 Å². The van der Waals surface area contributed by atoms with Crippen LogP contribution in [0.15, 0.2) is 0 Å². The van der Waals surface area contributed by atoms with E-state index in [1.807, 2.05) is 0 Å². The minimum atomic E-state index is -0.328. The lowest BCUT2D eigenvalue weighted by atomic mass is 9.69. The highest BCUT2D eigenvalue weighted by molar-refractivity contribution is 9.10. The van der Waals surface area contributed by atoms with Gasteiger partial charge >= 0.3 is 0 Å². The summed E-state index contributed by atoms with van der Waals surface area (Å²) in [5, 5.41) is 10.9. The molecule has 0 aliphatic heterocycles. The molecule has 1 N–H and O–H groups in total. The van der Waals surface area contributed by atoms with Crippen LogP contribution < -0.4 is 0 Å². The van der Waals surface area contributed by atoms with E-state index in [0.29, 0.717) is 21.5 Å². The largest absolute Gasteiger partial charge is 0.388 e. The molecular formula is C11H12Br2O. The molecule has 14 heavy (non-hydrogen) atoms. The first-order valence-electron chi connectivity index (χ1n) is 5.68. The van der Waals surface area contributed by atoms with Crippen LogP contribution in [-0.2, 0) is 0 Å². The van der Waals surface area contributed by atoms with Crippen LogP contribution in [0.4, 0.5) is 0 Å². The highest BCUT2D eigenvalue weighted by Crippen LogP contribution is 2.85. The SMILES string of the molecule is O[C@]12[C@@H]3[C@@H](Br)[C@@H]4[C@H]5C[C@H]([C@@H]([C@H]53)[C@H]1Br)[C@@H]42. The van der Waals surface area contributed by atoms with Gasteiger partial charge in [0.05, 0.1) is 5.60 Å². The Kier molecular flexibility index (Phi) is 1.10. The first-order valence-corrected chi connectivity index (χ1v) is 7.51. The second kappa shape index (κ2) is 1.91. The van der Waals surface area contributed by atoms with E-state index in [4.69, 9.17) is 0 Å². The zero-order valence-corrected chi connectivity index (χ0v) is 10.8. The predicted molar refractivity (Wildman–Crippen MR) is 59.4 cm³/mol. The van der Waals surface area contributed by atoms with Crippen molar-refractivity contribution in [3.05, 3.63) is 0 Å². The smallest absolute Gasteiger partial charge is 0.0850 e. The van der Waals surface area contributed by atoms with Gasteiger partial charge in [0.25, 0.3) is 0 Å². The molecule has 6 aliphatic rings. The number of alkyl halides is 2. The lowest BCUT2D eigenvalue weighted by Gasteiger charge is -2.38. The van der Waals surface area contributed by atoms with E-state index >= 15 is 0 Å². The standard InChI is InChI=1S/C11H12Br2O/c12-9-6-2-1-3-5-4(2)8(9)11(14,7(3)6)10(5)13/h2-10,14H,1H2/t2-,3+,4-,5-,6+,7-,8-,9-,10+,11+/m0/s1. The summed E-state index contributed by atoms with van der Waals surface area (Å²) in [5.74, 6) is 5.54. The third kappa shape index (κ3) is 0.464. The highest BCUT2D eigenvalue weighted by atomic mass is 79.9. The van der Waals surface area contributed by atoms with Gasteiger partial charge in [0.1, 0.15) is 0 Å². The second-order valence-corrected chi connectivity index (χ2v) is 8.12. The van der Waals surface area contributed by atoms with Crippen LogP contribution in [0, 0.1) is 41.4 Å². The van der Waals surface area contributed by atoms with Gasteiger partial charge in [0.2, 0.25) is 0 Å². The van der Waals surface area contributed by atoms with Crippen molar-refractivity contribution < 1.29 is 5.11 Å². The quantitative estimate of drug-likeness (QED) is 0.677. The van der Waals surface area contributed by atoms with Crippen LogP contribution in [0.1, 0.15) is 6.42 Å². The third-order valence-electron chi connectivity index (χ3n) is 6.32. The van der Waals surface area contributed by atoms with Crippen LogP contribution in [-0.4, -0.2) is 20.4 Å². The Morgan fingerprint density at radius 1 is 1.00 bits per heavy atom. The molecule has 6 saturated carbocycles. The molecule has 6 fully saturated rings. The van der Waals surface area contributed by atoms with E-state index < -0.39 is 0 Å². The maximum absolute atomic E-state index is 10.9. The molecule has 0 aromatic carbocycles. The van der Waals surface area contributed by atoms with Crippen LogP contribution in [0.3, 0.4) is 0 Å². The molecule has 76 valence electrons. The molecule has 10 atom stereocenters. The van der Waals surface area contributed by atoms with E-state index in [2.05, 4.69) is 31.9 Å². The average Bonchev–Trinajstić information content (AvgIpc) is 2.81. The zero-order chi connectivity index (χ0) is 9.40. The normalized spacial score (nSPS) is 85.5. The van der Waals surface area contributed by atoms with E-state index in [9.17, 15) is 5.11 Å². The maximum atomic E-state index is 10.9. The van der Waals surface area contributed by atoms with Crippen molar-refractivity contribution in [2.45, 2.75) is 21.7 Å². The summed E-state index contributed by atoms with van der Waals surface area (Å²) in [4.78, 5) is 1.04. The second-order valence-electron chi connectivity index (χ2n) is 6.08. The topological polar surface area (TPSA) is 20.2 Å². The molecule has 0 heterocycles. The van der Waals surface area contributed by atoms with Gasteiger partial charge in [-0.2, -0.15) is 0 Å². The van der Waals surface area contributed by atoms with Gasteiger partial charge in [-0.25, -0.2) is 0 Å². The zero-order valence-electron chi connectivity index (χ0n) is 7.61. The van der Waals surface area contributed by atoms with Gasteiger partial charge in [0, 0.05) is 15.6 Å². The number of hydrogen-bond acceptors (Lipinski definition) is 1.